The standard InChI is InChI=1S/C51H97NO5/c1-3-5-7-9-11-13-15-16-21-25-29-33-37-41-45-51(56)57-46-42-38-34-30-26-22-19-17-18-20-24-28-32-36-40-44-50(55)52-48(47-53)49(54)43-39-35-31-27-23-14-12-10-8-6-4-2/h17,19,22,26,48-49,53-54H,3-16,18,20-21,23-25,27-47H2,1-2H3,(H,52,55)/b19-17-,26-22-. The first kappa shape index (κ1) is 55.3. The number of amides is 1. The van der Waals surface area contributed by atoms with E-state index in [4.69, 9.17) is 4.74 Å². The van der Waals surface area contributed by atoms with Crippen LogP contribution < -0.4 is 5.32 Å². The zero-order valence-electron chi connectivity index (χ0n) is 38.1. The van der Waals surface area contributed by atoms with Crippen LogP contribution in [-0.4, -0.2) is 47.4 Å². The van der Waals surface area contributed by atoms with Crippen molar-refractivity contribution in [2.75, 3.05) is 13.2 Å². The van der Waals surface area contributed by atoms with E-state index in [2.05, 4.69) is 43.5 Å². The van der Waals surface area contributed by atoms with Gasteiger partial charge in [-0.05, 0) is 57.8 Å². The third kappa shape index (κ3) is 43.7. The number of ether oxygens (including phenoxy) is 1. The van der Waals surface area contributed by atoms with Crippen LogP contribution in [0.2, 0.25) is 0 Å². The van der Waals surface area contributed by atoms with Crippen LogP contribution in [0.4, 0.5) is 0 Å². The molecule has 2 atom stereocenters. The van der Waals surface area contributed by atoms with Gasteiger partial charge in [0.15, 0.2) is 0 Å². The predicted octanol–water partition coefficient (Wildman–Crippen LogP) is 14.7. The minimum absolute atomic E-state index is 0.0199. The number of aliphatic hydroxyl groups is 2. The van der Waals surface area contributed by atoms with Crippen LogP contribution in [-0.2, 0) is 14.3 Å². The lowest BCUT2D eigenvalue weighted by Gasteiger charge is -2.22. The molecule has 0 saturated heterocycles. The van der Waals surface area contributed by atoms with Crippen LogP contribution in [0.15, 0.2) is 24.3 Å². The molecular formula is C51H97NO5. The summed E-state index contributed by atoms with van der Waals surface area (Å²) < 4.78 is 5.44. The van der Waals surface area contributed by atoms with Gasteiger partial charge in [-0.1, -0.05) is 218 Å². The predicted molar refractivity (Wildman–Crippen MR) is 246 cm³/mol. The highest BCUT2D eigenvalue weighted by molar-refractivity contribution is 5.76. The Morgan fingerprint density at radius 3 is 1.30 bits per heavy atom. The van der Waals surface area contributed by atoms with Crippen molar-refractivity contribution in [2.45, 2.75) is 276 Å². The Morgan fingerprint density at radius 2 is 0.860 bits per heavy atom. The molecule has 6 nitrogen and oxygen atoms in total. The van der Waals surface area contributed by atoms with Crippen molar-refractivity contribution in [1.29, 1.82) is 0 Å². The normalized spacial score (nSPS) is 12.8. The van der Waals surface area contributed by atoms with Crippen LogP contribution in [0.25, 0.3) is 0 Å². The van der Waals surface area contributed by atoms with Gasteiger partial charge in [0.2, 0.25) is 5.91 Å². The molecule has 336 valence electrons. The summed E-state index contributed by atoms with van der Waals surface area (Å²) in [6.45, 7) is 4.88. The summed E-state index contributed by atoms with van der Waals surface area (Å²) in [6, 6.07) is -0.556. The minimum Gasteiger partial charge on any atom is -0.466 e. The van der Waals surface area contributed by atoms with E-state index in [1.165, 1.54) is 154 Å². The molecule has 0 aliphatic heterocycles. The molecule has 0 bridgehead atoms. The maximum absolute atomic E-state index is 12.4. The first-order valence-corrected chi connectivity index (χ1v) is 25.1. The number of carbonyl (C=O) groups is 2. The van der Waals surface area contributed by atoms with Crippen LogP contribution in [0.3, 0.4) is 0 Å². The molecule has 0 aliphatic carbocycles. The Kier molecular flexibility index (Phi) is 45.7. The fourth-order valence-corrected chi connectivity index (χ4v) is 7.63. The second-order valence-corrected chi connectivity index (χ2v) is 17.2. The zero-order valence-corrected chi connectivity index (χ0v) is 38.1. The third-order valence-electron chi connectivity index (χ3n) is 11.5. The Labute approximate surface area is 354 Å². The molecule has 6 heteroatoms. The topological polar surface area (TPSA) is 95.9 Å². The number of hydrogen-bond donors (Lipinski definition) is 3. The second kappa shape index (κ2) is 47.0. The molecular weight excluding hydrogens is 707 g/mol. The first-order valence-electron chi connectivity index (χ1n) is 25.1. The monoisotopic (exact) mass is 804 g/mol. The van der Waals surface area contributed by atoms with Crippen LogP contribution in [0, 0.1) is 0 Å². The van der Waals surface area contributed by atoms with E-state index in [0.717, 1.165) is 77.0 Å². The van der Waals surface area contributed by atoms with Crippen molar-refractivity contribution < 1.29 is 24.5 Å². The maximum atomic E-state index is 12.4. The number of nitrogens with one attached hydrogen (secondary N) is 1. The summed E-state index contributed by atoms with van der Waals surface area (Å²) >= 11 is 0. The number of rotatable bonds is 46. The number of allylic oxidation sites excluding steroid dienone is 4. The third-order valence-corrected chi connectivity index (χ3v) is 11.5. The highest BCUT2D eigenvalue weighted by atomic mass is 16.5. The van der Waals surface area contributed by atoms with E-state index in [1.807, 2.05) is 0 Å². The molecule has 0 aromatic heterocycles. The van der Waals surface area contributed by atoms with Gasteiger partial charge in [-0.3, -0.25) is 9.59 Å². The van der Waals surface area contributed by atoms with Gasteiger partial charge in [0.05, 0.1) is 25.4 Å². The van der Waals surface area contributed by atoms with Gasteiger partial charge >= 0.3 is 5.97 Å². The van der Waals surface area contributed by atoms with Crippen LogP contribution in [0.1, 0.15) is 264 Å². The van der Waals surface area contributed by atoms with Crippen molar-refractivity contribution in [3.8, 4) is 0 Å². The fraction of sp³-hybridized carbons (Fsp3) is 0.882. The first-order chi connectivity index (χ1) is 28.0. The van der Waals surface area contributed by atoms with E-state index in [1.54, 1.807) is 0 Å². The summed E-state index contributed by atoms with van der Waals surface area (Å²) in [5.74, 6) is -0.0787. The largest absolute Gasteiger partial charge is 0.466 e. The van der Waals surface area contributed by atoms with Gasteiger partial charge in [0, 0.05) is 12.8 Å². The highest BCUT2D eigenvalue weighted by Crippen LogP contribution is 2.16. The smallest absolute Gasteiger partial charge is 0.305 e. The lowest BCUT2D eigenvalue weighted by atomic mass is 10.0. The second-order valence-electron chi connectivity index (χ2n) is 17.2. The number of hydrogen-bond acceptors (Lipinski definition) is 5. The molecule has 0 aliphatic rings. The lowest BCUT2D eigenvalue weighted by Crippen LogP contribution is -2.45. The van der Waals surface area contributed by atoms with Gasteiger partial charge in [-0.25, -0.2) is 0 Å². The Bertz CT molecular complexity index is 889. The van der Waals surface area contributed by atoms with Crippen molar-refractivity contribution in [3.05, 3.63) is 24.3 Å². The molecule has 0 rings (SSSR count). The van der Waals surface area contributed by atoms with Crippen molar-refractivity contribution >= 4 is 11.9 Å². The summed E-state index contributed by atoms with van der Waals surface area (Å²) in [5.41, 5.74) is 0. The van der Waals surface area contributed by atoms with Gasteiger partial charge in [-0.15, -0.1) is 0 Å². The molecule has 3 N–H and O–H groups in total. The minimum atomic E-state index is -0.676. The van der Waals surface area contributed by atoms with Gasteiger partial charge in [0.25, 0.3) is 0 Å². The molecule has 0 saturated carbocycles. The molecule has 57 heavy (non-hydrogen) atoms. The zero-order chi connectivity index (χ0) is 41.5. The van der Waals surface area contributed by atoms with E-state index in [9.17, 15) is 19.8 Å². The van der Waals surface area contributed by atoms with E-state index in [-0.39, 0.29) is 18.5 Å². The van der Waals surface area contributed by atoms with E-state index >= 15 is 0 Å². The van der Waals surface area contributed by atoms with E-state index in [0.29, 0.717) is 25.9 Å². The van der Waals surface area contributed by atoms with Gasteiger partial charge in [-0.2, -0.15) is 0 Å². The maximum Gasteiger partial charge on any atom is 0.305 e. The number of esters is 1. The summed E-state index contributed by atoms with van der Waals surface area (Å²) in [7, 11) is 0. The van der Waals surface area contributed by atoms with Crippen molar-refractivity contribution in [3.63, 3.8) is 0 Å². The molecule has 0 spiro atoms. The Morgan fingerprint density at radius 1 is 0.491 bits per heavy atom. The number of unbranched alkanes of at least 4 members (excludes halogenated alkanes) is 32. The molecule has 1 amide bonds. The molecule has 0 fully saturated rings. The van der Waals surface area contributed by atoms with Crippen molar-refractivity contribution in [1.82, 2.24) is 5.32 Å². The Balaban J connectivity index is 3.51. The molecule has 0 aromatic rings. The van der Waals surface area contributed by atoms with Crippen LogP contribution in [0.5, 0.6) is 0 Å². The molecule has 0 aromatic carbocycles. The van der Waals surface area contributed by atoms with Gasteiger partial charge in [0.1, 0.15) is 0 Å². The Hall–Kier alpha value is -1.66. The highest BCUT2D eigenvalue weighted by Gasteiger charge is 2.20. The number of aliphatic hydroxyl groups excluding tert-OH is 2. The van der Waals surface area contributed by atoms with Crippen molar-refractivity contribution in [2.24, 2.45) is 0 Å². The lowest BCUT2D eigenvalue weighted by molar-refractivity contribution is -0.143. The molecule has 2 unspecified atom stereocenters. The van der Waals surface area contributed by atoms with Crippen LogP contribution >= 0.6 is 0 Å². The number of carbonyl (C=O) groups excluding carboxylic acids is 2. The summed E-state index contributed by atoms with van der Waals surface area (Å²) in [4.78, 5) is 24.4. The average Bonchev–Trinajstić information content (AvgIpc) is 3.21. The molecule has 0 radical (unpaired) electrons. The summed E-state index contributed by atoms with van der Waals surface area (Å²) in [6.07, 6.45) is 54.3. The summed E-state index contributed by atoms with van der Waals surface area (Å²) in [5, 5.41) is 23.1. The molecule has 0 heterocycles. The quantitative estimate of drug-likeness (QED) is 0.0324. The van der Waals surface area contributed by atoms with Gasteiger partial charge < -0.3 is 20.3 Å². The SMILES string of the molecule is CCCCCCCCCCCCCCCCC(=O)OCCCCC/C=C\C=C/CCCCCCCCC(=O)NC(CO)C(O)CCCCCCCCCCCCC. The van der Waals surface area contributed by atoms with E-state index < -0.39 is 12.1 Å². The average molecular weight is 804 g/mol. The fourth-order valence-electron chi connectivity index (χ4n) is 7.63.